The Bertz CT molecular complexity index is 1080. The van der Waals surface area contributed by atoms with Gasteiger partial charge in [-0.25, -0.2) is 19.0 Å². The maximum atomic E-state index is 14.0. The van der Waals surface area contributed by atoms with Crippen LogP contribution in [0.4, 0.5) is 15.0 Å². The summed E-state index contributed by atoms with van der Waals surface area (Å²) in [6.45, 7) is 3.97. The number of ether oxygens (including phenoxy) is 1. The molecule has 0 aliphatic carbocycles. The third-order valence-corrected chi connectivity index (χ3v) is 6.18. The summed E-state index contributed by atoms with van der Waals surface area (Å²) in [4.78, 5) is 44.8. The molecule has 0 spiro atoms. The first-order valence-corrected chi connectivity index (χ1v) is 11.2. The van der Waals surface area contributed by atoms with Crippen molar-refractivity contribution in [2.75, 3.05) is 11.9 Å². The predicted octanol–water partition coefficient (Wildman–Crippen LogP) is 2.86. The van der Waals surface area contributed by atoms with Crippen molar-refractivity contribution in [2.24, 2.45) is 5.92 Å². The molecule has 2 N–H and O–H groups in total. The molecular formula is C24H27FN4O5. The van der Waals surface area contributed by atoms with Gasteiger partial charge in [0, 0.05) is 24.7 Å². The van der Waals surface area contributed by atoms with E-state index in [1.54, 1.807) is 36.5 Å². The lowest BCUT2D eigenvalue weighted by Gasteiger charge is -2.29. The molecule has 1 unspecified atom stereocenters. The quantitative estimate of drug-likeness (QED) is 0.668. The molecule has 2 aliphatic rings. The van der Waals surface area contributed by atoms with Crippen molar-refractivity contribution in [1.29, 1.82) is 0 Å². The van der Waals surface area contributed by atoms with E-state index in [-0.39, 0.29) is 37.8 Å². The van der Waals surface area contributed by atoms with E-state index in [0.29, 0.717) is 16.9 Å². The zero-order chi connectivity index (χ0) is 24.4. The second kappa shape index (κ2) is 9.66. The summed E-state index contributed by atoms with van der Waals surface area (Å²) in [6, 6.07) is 8.12. The number of rotatable bonds is 6. The summed E-state index contributed by atoms with van der Waals surface area (Å²) in [6.07, 6.45) is 0.133. The van der Waals surface area contributed by atoms with Crippen molar-refractivity contribution >= 4 is 23.8 Å². The summed E-state index contributed by atoms with van der Waals surface area (Å²) >= 11 is 0. The minimum atomic E-state index is -1.16. The number of fused-ring (bicyclic) bond motifs is 1. The van der Waals surface area contributed by atoms with E-state index in [9.17, 15) is 23.9 Å². The SMILES string of the molecule is CC(C)[C@H](Nc1ccccn1)C(=O)N1CC(OC(=O)N2Cc3cccc(F)c3C2)C[C@H]1C(=O)O. The Morgan fingerprint density at radius 1 is 1.18 bits per heavy atom. The van der Waals surface area contributed by atoms with E-state index in [1.165, 1.54) is 15.9 Å². The standard InChI is InChI=1S/C24H27FN4O5/c1-14(2)21(27-20-8-3-4-9-26-20)22(30)29-12-16(10-19(29)23(31)32)34-24(33)28-11-15-6-5-7-18(25)17(15)13-28/h3-9,14,16,19,21H,10-13H2,1-2H3,(H,26,27)(H,31,32)/t16?,19-,21-/m0/s1. The van der Waals surface area contributed by atoms with E-state index in [0.717, 1.165) is 0 Å². The average Bonchev–Trinajstić information content (AvgIpc) is 3.43. The number of carboxylic acids is 1. The van der Waals surface area contributed by atoms with Gasteiger partial charge in [-0.05, 0) is 29.7 Å². The highest BCUT2D eigenvalue weighted by Crippen LogP contribution is 2.28. The molecule has 1 saturated heterocycles. The van der Waals surface area contributed by atoms with Gasteiger partial charge < -0.3 is 20.1 Å². The number of benzene rings is 1. The molecule has 10 heteroatoms. The van der Waals surface area contributed by atoms with Crippen molar-refractivity contribution in [3.05, 3.63) is 59.5 Å². The van der Waals surface area contributed by atoms with Gasteiger partial charge in [-0.1, -0.05) is 32.0 Å². The average molecular weight is 471 g/mol. The fourth-order valence-corrected chi connectivity index (χ4v) is 4.39. The number of pyridine rings is 1. The van der Waals surface area contributed by atoms with Crippen LogP contribution in [0.3, 0.4) is 0 Å². The number of hydrogen-bond donors (Lipinski definition) is 2. The number of amides is 2. The second-order valence-electron chi connectivity index (χ2n) is 8.90. The van der Waals surface area contributed by atoms with Crippen LogP contribution in [0, 0.1) is 11.7 Å². The molecule has 34 heavy (non-hydrogen) atoms. The number of aliphatic carboxylic acids is 1. The highest BCUT2D eigenvalue weighted by molar-refractivity contribution is 5.89. The van der Waals surface area contributed by atoms with Gasteiger partial charge in [0.25, 0.3) is 0 Å². The highest BCUT2D eigenvalue weighted by atomic mass is 19.1. The van der Waals surface area contributed by atoms with E-state index in [1.807, 2.05) is 13.8 Å². The van der Waals surface area contributed by atoms with Gasteiger partial charge in [0.05, 0.1) is 13.1 Å². The van der Waals surface area contributed by atoms with Crippen molar-refractivity contribution < 1.29 is 28.6 Å². The van der Waals surface area contributed by atoms with E-state index < -0.39 is 36.2 Å². The summed E-state index contributed by atoms with van der Waals surface area (Å²) in [5.74, 6) is -1.59. The number of carboxylic acid groups (broad SMARTS) is 1. The molecule has 0 bridgehead atoms. The van der Waals surface area contributed by atoms with Crippen molar-refractivity contribution in [3.8, 4) is 0 Å². The molecule has 1 aromatic carbocycles. The lowest BCUT2D eigenvalue weighted by Crippen LogP contribution is -2.50. The monoisotopic (exact) mass is 470 g/mol. The number of hydrogen-bond acceptors (Lipinski definition) is 6. The molecule has 1 fully saturated rings. The Balaban J connectivity index is 1.44. The molecule has 2 aromatic rings. The summed E-state index contributed by atoms with van der Waals surface area (Å²) in [5, 5.41) is 12.8. The normalized spacial score (nSPS) is 20.2. The number of nitrogens with zero attached hydrogens (tertiary/aromatic N) is 3. The summed E-state index contributed by atoms with van der Waals surface area (Å²) < 4.78 is 19.6. The first kappa shape index (κ1) is 23.5. The number of halogens is 1. The van der Waals surface area contributed by atoms with Gasteiger partial charge in [-0.2, -0.15) is 0 Å². The lowest BCUT2D eigenvalue weighted by atomic mass is 10.0. The third-order valence-electron chi connectivity index (χ3n) is 6.18. The minimum Gasteiger partial charge on any atom is -0.480 e. The Morgan fingerprint density at radius 3 is 2.62 bits per heavy atom. The smallest absolute Gasteiger partial charge is 0.410 e. The Hall–Kier alpha value is -3.69. The fraction of sp³-hybridized carbons (Fsp3) is 0.417. The largest absolute Gasteiger partial charge is 0.480 e. The van der Waals surface area contributed by atoms with E-state index in [2.05, 4.69) is 10.3 Å². The Morgan fingerprint density at radius 2 is 1.97 bits per heavy atom. The summed E-state index contributed by atoms with van der Waals surface area (Å²) in [5.41, 5.74) is 1.16. The van der Waals surface area contributed by atoms with Gasteiger partial charge in [-0.15, -0.1) is 0 Å². The van der Waals surface area contributed by atoms with Gasteiger partial charge >= 0.3 is 12.1 Å². The van der Waals surface area contributed by atoms with Crippen LogP contribution in [0.5, 0.6) is 0 Å². The molecule has 180 valence electrons. The number of anilines is 1. The molecule has 0 saturated carbocycles. The molecule has 1 aromatic heterocycles. The van der Waals surface area contributed by atoms with Crippen LogP contribution in [0.15, 0.2) is 42.6 Å². The van der Waals surface area contributed by atoms with Crippen molar-refractivity contribution in [2.45, 2.75) is 51.5 Å². The van der Waals surface area contributed by atoms with Gasteiger partial charge in [-0.3, -0.25) is 9.69 Å². The number of carbonyl (C=O) groups is 3. The fourth-order valence-electron chi connectivity index (χ4n) is 4.39. The van der Waals surface area contributed by atoms with Gasteiger partial charge in [0.2, 0.25) is 5.91 Å². The lowest BCUT2D eigenvalue weighted by molar-refractivity contribution is -0.148. The van der Waals surface area contributed by atoms with Crippen LogP contribution in [0.25, 0.3) is 0 Å². The van der Waals surface area contributed by atoms with Crippen LogP contribution >= 0.6 is 0 Å². The number of likely N-dealkylation sites (tertiary alicyclic amines) is 1. The topological polar surface area (TPSA) is 112 Å². The maximum Gasteiger partial charge on any atom is 0.410 e. The summed E-state index contributed by atoms with van der Waals surface area (Å²) in [7, 11) is 0. The molecule has 0 radical (unpaired) electrons. The van der Waals surface area contributed by atoms with Crippen LogP contribution < -0.4 is 5.32 Å². The molecule has 2 amide bonds. The molecule has 3 heterocycles. The van der Waals surface area contributed by atoms with Gasteiger partial charge in [0.1, 0.15) is 29.8 Å². The zero-order valence-electron chi connectivity index (χ0n) is 19.0. The molecule has 3 atom stereocenters. The predicted molar refractivity (Wildman–Crippen MR) is 120 cm³/mol. The molecule has 9 nitrogen and oxygen atoms in total. The van der Waals surface area contributed by atoms with Crippen LogP contribution in [0.2, 0.25) is 0 Å². The number of aromatic nitrogens is 1. The van der Waals surface area contributed by atoms with Crippen molar-refractivity contribution in [1.82, 2.24) is 14.8 Å². The van der Waals surface area contributed by atoms with Crippen LogP contribution in [0.1, 0.15) is 31.4 Å². The highest BCUT2D eigenvalue weighted by Gasteiger charge is 2.44. The zero-order valence-corrected chi connectivity index (χ0v) is 19.0. The maximum absolute atomic E-state index is 14.0. The van der Waals surface area contributed by atoms with Crippen LogP contribution in [-0.4, -0.2) is 62.6 Å². The first-order valence-electron chi connectivity index (χ1n) is 11.2. The van der Waals surface area contributed by atoms with E-state index >= 15 is 0 Å². The second-order valence-corrected chi connectivity index (χ2v) is 8.90. The molecule has 2 aliphatic heterocycles. The van der Waals surface area contributed by atoms with E-state index in [4.69, 9.17) is 4.74 Å². The van der Waals surface area contributed by atoms with Crippen LogP contribution in [-0.2, 0) is 27.4 Å². The minimum absolute atomic E-state index is 0.0175. The first-order chi connectivity index (χ1) is 16.2. The molecule has 4 rings (SSSR count). The molecular weight excluding hydrogens is 443 g/mol. The number of nitrogens with one attached hydrogen (secondary N) is 1. The third kappa shape index (κ3) is 4.80. The van der Waals surface area contributed by atoms with Gasteiger partial charge in [0.15, 0.2) is 0 Å². The van der Waals surface area contributed by atoms with Crippen molar-refractivity contribution in [3.63, 3.8) is 0 Å². The Labute approximate surface area is 196 Å². The number of carbonyl (C=O) groups excluding carboxylic acids is 2. The Kier molecular flexibility index (Phi) is 6.67.